The van der Waals surface area contributed by atoms with Crippen LogP contribution in [0.5, 0.6) is 5.75 Å². The van der Waals surface area contributed by atoms with Crippen LogP contribution >= 0.6 is 23.2 Å². The van der Waals surface area contributed by atoms with Gasteiger partial charge in [0, 0.05) is 23.2 Å². The van der Waals surface area contributed by atoms with E-state index in [0.29, 0.717) is 22.0 Å². The molecule has 0 amide bonds. The highest BCUT2D eigenvalue weighted by Gasteiger charge is 2.19. The maximum atomic E-state index is 12.6. The summed E-state index contributed by atoms with van der Waals surface area (Å²) >= 11 is 12.0. The summed E-state index contributed by atoms with van der Waals surface area (Å²) in [6, 6.07) is 13.0. The van der Waals surface area contributed by atoms with Crippen LogP contribution in [0.4, 0.5) is 0 Å². The average molecular weight is 468 g/mol. The van der Waals surface area contributed by atoms with Crippen LogP contribution < -0.4 is 15.0 Å². The van der Waals surface area contributed by atoms with Gasteiger partial charge < -0.3 is 4.74 Å². The van der Waals surface area contributed by atoms with E-state index in [1.807, 2.05) is 12.1 Å². The Hall–Kier alpha value is -2.39. The van der Waals surface area contributed by atoms with Gasteiger partial charge in [0.05, 0.1) is 24.4 Å². The predicted octanol–water partition coefficient (Wildman–Crippen LogP) is 3.51. The van der Waals surface area contributed by atoms with Crippen LogP contribution in [-0.4, -0.2) is 31.9 Å². The van der Waals surface area contributed by atoms with Crippen molar-refractivity contribution in [3.05, 3.63) is 74.5 Å². The van der Waals surface area contributed by atoms with Gasteiger partial charge in [0.15, 0.2) is 0 Å². The summed E-state index contributed by atoms with van der Waals surface area (Å²) in [6.45, 7) is 1.69. The summed E-state index contributed by atoms with van der Waals surface area (Å²) in [5.74, 6) is 0.706. The lowest BCUT2D eigenvalue weighted by atomic mass is 10.1. The molecule has 0 aliphatic carbocycles. The maximum Gasteiger partial charge on any atom is 0.266 e. The summed E-state index contributed by atoms with van der Waals surface area (Å²) in [5, 5.41) is 4.72. The Labute approximate surface area is 184 Å². The number of nitrogens with one attached hydrogen (secondary N) is 1. The second kappa shape index (κ2) is 9.18. The lowest BCUT2D eigenvalue weighted by molar-refractivity contribution is 0.415. The van der Waals surface area contributed by atoms with Crippen LogP contribution in [-0.2, 0) is 16.6 Å². The van der Waals surface area contributed by atoms with E-state index >= 15 is 0 Å². The molecule has 0 bridgehead atoms. The van der Waals surface area contributed by atoms with Gasteiger partial charge in [-0.3, -0.25) is 4.79 Å². The molecular formula is C20H19Cl2N3O4S. The Kier molecular flexibility index (Phi) is 6.82. The molecule has 0 saturated heterocycles. The molecular weight excluding hydrogens is 449 g/mol. The molecule has 0 fully saturated rings. The number of methoxy groups -OCH3 is 1. The largest absolute Gasteiger partial charge is 0.497 e. The van der Waals surface area contributed by atoms with Crippen molar-refractivity contribution in [2.75, 3.05) is 13.7 Å². The van der Waals surface area contributed by atoms with Crippen molar-refractivity contribution in [1.29, 1.82) is 0 Å². The number of rotatable bonds is 7. The van der Waals surface area contributed by atoms with Gasteiger partial charge in [0.1, 0.15) is 10.6 Å². The number of hydrogen-bond donors (Lipinski definition) is 1. The number of aryl methyl sites for hydroxylation is 1. The van der Waals surface area contributed by atoms with Gasteiger partial charge in [-0.2, -0.15) is 5.10 Å². The third kappa shape index (κ3) is 5.02. The van der Waals surface area contributed by atoms with Gasteiger partial charge in [-0.25, -0.2) is 17.8 Å². The fourth-order valence-corrected chi connectivity index (χ4v) is 4.58. The van der Waals surface area contributed by atoms with Crippen molar-refractivity contribution in [1.82, 2.24) is 14.5 Å². The molecule has 3 aromatic rings. The second-order valence-electron chi connectivity index (χ2n) is 6.44. The number of nitrogens with zero attached hydrogens (tertiary/aromatic N) is 2. The number of halogens is 2. The maximum absolute atomic E-state index is 12.6. The van der Waals surface area contributed by atoms with E-state index in [1.165, 1.54) is 22.9 Å². The average Bonchev–Trinajstić information content (AvgIpc) is 2.72. The molecule has 1 N–H and O–H groups in total. The molecule has 0 aliphatic rings. The fourth-order valence-electron chi connectivity index (χ4n) is 2.73. The third-order valence-electron chi connectivity index (χ3n) is 4.37. The molecule has 7 nitrogen and oxygen atoms in total. The Bertz CT molecular complexity index is 1230. The summed E-state index contributed by atoms with van der Waals surface area (Å²) in [7, 11) is -2.30. The molecule has 2 aromatic carbocycles. The molecule has 0 spiro atoms. The smallest absolute Gasteiger partial charge is 0.266 e. The monoisotopic (exact) mass is 467 g/mol. The van der Waals surface area contributed by atoms with E-state index in [4.69, 9.17) is 27.9 Å². The van der Waals surface area contributed by atoms with Crippen LogP contribution in [0.2, 0.25) is 10.0 Å². The number of benzene rings is 2. The molecule has 0 aliphatic heterocycles. The van der Waals surface area contributed by atoms with Gasteiger partial charge in [-0.15, -0.1) is 0 Å². The molecule has 158 valence electrons. The highest BCUT2D eigenvalue weighted by Crippen LogP contribution is 2.28. The first-order valence-corrected chi connectivity index (χ1v) is 11.1. The van der Waals surface area contributed by atoms with Gasteiger partial charge in [0.2, 0.25) is 10.0 Å². The van der Waals surface area contributed by atoms with Gasteiger partial charge in [-0.05, 0) is 55.0 Å². The van der Waals surface area contributed by atoms with Gasteiger partial charge >= 0.3 is 0 Å². The molecule has 1 aromatic heterocycles. The van der Waals surface area contributed by atoms with Crippen molar-refractivity contribution in [2.45, 2.75) is 18.4 Å². The highest BCUT2D eigenvalue weighted by atomic mass is 35.5. The summed E-state index contributed by atoms with van der Waals surface area (Å²) in [4.78, 5) is 12.1. The minimum absolute atomic E-state index is 0.0231. The SMILES string of the molecule is COc1ccc(-c2ccc(=O)n(CCNS(=O)(=O)c3cc(C)c(Cl)cc3Cl)n2)cc1. The molecule has 0 unspecified atom stereocenters. The Balaban J connectivity index is 1.75. The number of ether oxygens (including phenoxy) is 1. The molecule has 0 radical (unpaired) electrons. The number of aromatic nitrogens is 2. The zero-order valence-corrected chi connectivity index (χ0v) is 18.6. The third-order valence-corrected chi connectivity index (χ3v) is 6.70. The summed E-state index contributed by atoms with van der Waals surface area (Å²) < 4.78 is 33.9. The van der Waals surface area contributed by atoms with Crippen molar-refractivity contribution in [3.8, 4) is 17.0 Å². The zero-order valence-electron chi connectivity index (χ0n) is 16.2. The van der Waals surface area contributed by atoms with E-state index in [-0.39, 0.29) is 28.6 Å². The Morgan fingerprint density at radius 3 is 2.43 bits per heavy atom. The van der Waals surface area contributed by atoms with Crippen molar-refractivity contribution >= 4 is 33.2 Å². The highest BCUT2D eigenvalue weighted by molar-refractivity contribution is 7.89. The normalized spacial score (nSPS) is 11.5. The zero-order chi connectivity index (χ0) is 21.9. The van der Waals surface area contributed by atoms with Crippen LogP contribution in [0.3, 0.4) is 0 Å². The quantitative estimate of drug-likeness (QED) is 0.573. The minimum atomic E-state index is -3.88. The minimum Gasteiger partial charge on any atom is -0.497 e. The van der Waals surface area contributed by atoms with Crippen molar-refractivity contribution in [2.24, 2.45) is 0 Å². The second-order valence-corrected chi connectivity index (χ2v) is 8.99. The molecule has 1 heterocycles. The molecule has 0 saturated carbocycles. The van der Waals surface area contributed by atoms with Gasteiger partial charge in [-0.1, -0.05) is 23.2 Å². The van der Waals surface area contributed by atoms with Crippen LogP contribution in [0.1, 0.15) is 5.56 Å². The van der Waals surface area contributed by atoms with Gasteiger partial charge in [0.25, 0.3) is 5.56 Å². The molecule has 10 heteroatoms. The van der Waals surface area contributed by atoms with E-state index in [1.54, 1.807) is 32.2 Å². The topological polar surface area (TPSA) is 90.3 Å². The van der Waals surface area contributed by atoms with Crippen molar-refractivity contribution < 1.29 is 13.2 Å². The first kappa shape index (κ1) is 22.3. The lowest BCUT2D eigenvalue weighted by Gasteiger charge is -2.11. The predicted molar refractivity (Wildman–Crippen MR) is 117 cm³/mol. The number of sulfonamides is 1. The summed E-state index contributed by atoms with van der Waals surface area (Å²) in [5.41, 5.74) is 1.63. The Morgan fingerprint density at radius 2 is 1.77 bits per heavy atom. The standard InChI is InChI=1S/C20H19Cl2N3O4S/c1-13-11-19(17(22)12-16(13)21)30(27,28)23-9-10-25-20(26)8-7-18(24-25)14-3-5-15(29-2)6-4-14/h3-8,11-12,23H,9-10H2,1-2H3. The van der Waals surface area contributed by atoms with Crippen LogP contribution in [0, 0.1) is 6.92 Å². The van der Waals surface area contributed by atoms with E-state index in [2.05, 4.69) is 9.82 Å². The molecule has 3 rings (SSSR count). The van der Waals surface area contributed by atoms with Crippen LogP contribution in [0.25, 0.3) is 11.3 Å². The van der Waals surface area contributed by atoms with E-state index in [9.17, 15) is 13.2 Å². The first-order valence-electron chi connectivity index (χ1n) is 8.89. The van der Waals surface area contributed by atoms with E-state index < -0.39 is 10.0 Å². The van der Waals surface area contributed by atoms with E-state index in [0.717, 1.165) is 5.56 Å². The Morgan fingerprint density at radius 1 is 1.07 bits per heavy atom. The first-order chi connectivity index (χ1) is 14.2. The van der Waals surface area contributed by atoms with Crippen LogP contribution in [0.15, 0.2) is 58.2 Å². The summed E-state index contributed by atoms with van der Waals surface area (Å²) in [6.07, 6.45) is 0. The lowest BCUT2D eigenvalue weighted by Crippen LogP contribution is -2.32. The molecule has 30 heavy (non-hydrogen) atoms. The fraction of sp³-hybridized carbons (Fsp3) is 0.200. The number of hydrogen-bond acceptors (Lipinski definition) is 5. The molecule has 0 atom stereocenters. The van der Waals surface area contributed by atoms with Crippen molar-refractivity contribution in [3.63, 3.8) is 0 Å².